The molecule has 0 fully saturated rings. The summed E-state index contributed by atoms with van der Waals surface area (Å²) in [4.78, 5) is 2.51. The highest BCUT2D eigenvalue weighted by molar-refractivity contribution is 7.89. The van der Waals surface area contributed by atoms with Crippen molar-refractivity contribution < 1.29 is 8.42 Å². The van der Waals surface area contributed by atoms with Crippen LogP contribution in [0.1, 0.15) is 22.3 Å². The SMILES string of the molecule is Cc1ccc(C)c(S(=O)(=O)N/N=C/c2ccccc2C)c1. The third kappa shape index (κ3) is 3.70. The summed E-state index contributed by atoms with van der Waals surface area (Å²) < 4.78 is 24.5. The van der Waals surface area contributed by atoms with E-state index in [1.54, 1.807) is 19.1 Å². The summed E-state index contributed by atoms with van der Waals surface area (Å²) in [6.45, 7) is 5.56. The zero-order chi connectivity index (χ0) is 15.5. The van der Waals surface area contributed by atoms with Gasteiger partial charge in [-0.05, 0) is 49.1 Å². The average Bonchev–Trinajstić information content (AvgIpc) is 2.43. The van der Waals surface area contributed by atoms with E-state index in [9.17, 15) is 8.42 Å². The molecule has 0 spiro atoms. The predicted molar refractivity (Wildman–Crippen MR) is 85.0 cm³/mol. The van der Waals surface area contributed by atoms with Gasteiger partial charge in [-0.15, -0.1) is 0 Å². The molecule has 0 aliphatic rings. The van der Waals surface area contributed by atoms with Gasteiger partial charge in [0.25, 0.3) is 10.0 Å². The average molecular weight is 302 g/mol. The Hall–Kier alpha value is -2.14. The number of benzene rings is 2. The predicted octanol–water partition coefficient (Wildman–Crippen LogP) is 2.92. The first-order valence-electron chi connectivity index (χ1n) is 6.58. The Balaban J connectivity index is 2.23. The summed E-state index contributed by atoms with van der Waals surface area (Å²) in [5.74, 6) is 0. The van der Waals surface area contributed by atoms with Crippen molar-refractivity contribution in [2.75, 3.05) is 0 Å². The third-order valence-corrected chi connectivity index (χ3v) is 4.56. The van der Waals surface area contributed by atoms with E-state index in [0.29, 0.717) is 5.56 Å². The smallest absolute Gasteiger partial charge is 0.200 e. The number of aryl methyl sites for hydroxylation is 3. The van der Waals surface area contributed by atoms with Gasteiger partial charge in [-0.25, -0.2) is 4.83 Å². The molecule has 5 heteroatoms. The summed E-state index contributed by atoms with van der Waals surface area (Å²) >= 11 is 0. The maximum atomic E-state index is 12.3. The molecule has 0 unspecified atom stereocenters. The topological polar surface area (TPSA) is 58.5 Å². The fraction of sp³-hybridized carbons (Fsp3) is 0.188. The van der Waals surface area contributed by atoms with Crippen LogP contribution in [0.2, 0.25) is 0 Å². The third-order valence-electron chi connectivity index (χ3n) is 3.20. The Kier molecular flexibility index (Phi) is 4.43. The number of sulfonamides is 1. The van der Waals surface area contributed by atoms with E-state index >= 15 is 0 Å². The lowest BCUT2D eigenvalue weighted by molar-refractivity contribution is 0.584. The molecule has 2 rings (SSSR count). The van der Waals surface area contributed by atoms with Crippen LogP contribution < -0.4 is 4.83 Å². The van der Waals surface area contributed by atoms with Crippen LogP contribution in [0.15, 0.2) is 52.5 Å². The molecule has 0 bridgehead atoms. The lowest BCUT2D eigenvalue weighted by Crippen LogP contribution is -2.19. The molecular weight excluding hydrogens is 284 g/mol. The molecule has 110 valence electrons. The van der Waals surface area contributed by atoms with Crippen molar-refractivity contribution in [3.63, 3.8) is 0 Å². The Bertz CT molecular complexity index is 781. The van der Waals surface area contributed by atoms with Gasteiger partial charge in [0.15, 0.2) is 0 Å². The standard InChI is InChI=1S/C16H18N2O2S/c1-12-8-9-14(3)16(10-12)21(19,20)18-17-11-15-7-5-4-6-13(15)2/h4-11,18H,1-3H3/b17-11+. The second kappa shape index (κ2) is 6.10. The molecule has 0 aliphatic carbocycles. The summed E-state index contributed by atoms with van der Waals surface area (Å²) in [7, 11) is -3.64. The minimum atomic E-state index is -3.64. The number of hydrogen-bond donors (Lipinski definition) is 1. The number of rotatable bonds is 4. The van der Waals surface area contributed by atoms with Crippen molar-refractivity contribution in [3.8, 4) is 0 Å². The van der Waals surface area contributed by atoms with Crippen LogP contribution in [0.3, 0.4) is 0 Å². The maximum absolute atomic E-state index is 12.3. The zero-order valence-electron chi connectivity index (χ0n) is 12.3. The fourth-order valence-electron chi connectivity index (χ4n) is 1.94. The number of hydrazone groups is 1. The molecular formula is C16H18N2O2S. The molecule has 21 heavy (non-hydrogen) atoms. The van der Waals surface area contributed by atoms with Gasteiger partial charge in [0, 0.05) is 0 Å². The van der Waals surface area contributed by atoms with Gasteiger partial charge in [-0.2, -0.15) is 13.5 Å². The lowest BCUT2D eigenvalue weighted by Gasteiger charge is -2.07. The molecule has 0 atom stereocenters. The van der Waals surface area contributed by atoms with Gasteiger partial charge in [0.1, 0.15) is 0 Å². The molecule has 0 aromatic heterocycles. The van der Waals surface area contributed by atoms with Gasteiger partial charge in [0.2, 0.25) is 0 Å². The van der Waals surface area contributed by atoms with Crippen molar-refractivity contribution in [1.82, 2.24) is 4.83 Å². The largest absolute Gasteiger partial charge is 0.276 e. The summed E-state index contributed by atoms with van der Waals surface area (Å²) in [5.41, 5.74) is 3.50. The molecule has 4 nitrogen and oxygen atoms in total. The van der Waals surface area contributed by atoms with E-state index in [-0.39, 0.29) is 4.90 Å². The molecule has 0 saturated heterocycles. The Morgan fingerprint density at radius 1 is 1.00 bits per heavy atom. The minimum absolute atomic E-state index is 0.254. The summed E-state index contributed by atoms with van der Waals surface area (Å²) in [6.07, 6.45) is 1.51. The quantitative estimate of drug-likeness (QED) is 0.697. The molecule has 0 heterocycles. The van der Waals surface area contributed by atoms with Crippen molar-refractivity contribution in [2.45, 2.75) is 25.7 Å². The summed E-state index contributed by atoms with van der Waals surface area (Å²) in [6, 6.07) is 12.9. The summed E-state index contributed by atoms with van der Waals surface area (Å²) in [5, 5.41) is 3.86. The van der Waals surface area contributed by atoms with Crippen LogP contribution in [0.25, 0.3) is 0 Å². The first kappa shape index (κ1) is 15.3. The highest BCUT2D eigenvalue weighted by Gasteiger charge is 2.15. The van der Waals surface area contributed by atoms with Crippen LogP contribution in [-0.2, 0) is 10.0 Å². The molecule has 0 aliphatic heterocycles. The van der Waals surface area contributed by atoms with Crippen LogP contribution in [0, 0.1) is 20.8 Å². The van der Waals surface area contributed by atoms with Crippen molar-refractivity contribution in [1.29, 1.82) is 0 Å². The Morgan fingerprint density at radius 3 is 2.43 bits per heavy atom. The van der Waals surface area contributed by atoms with Crippen LogP contribution in [0.5, 0.6) is 0 Å². The fourth-order valence-corrected chi connectivity index (χ4v) is 3.07. The monoisotopic (exact) mass is 302 g/mol. The van der Waals surface area contributed by atoms with E-state index < -0.39 is 10.0 Å². The first-order valence-corrected chi connectivity index (χ1v) is 8.06. The van der Waals surface area contributed by atoms with E-state index in [1.165, 1.54) is 6.21 Å². The van der Waals surface area contributed by atoms with Crippen LogP contribution >= 0.6 is 0 Å². The molecule has 2 aromatic carbocycles. The molecule has 0 saturated carbocycles. The molecule has 0 amide bonds. The van der Waals surface area contributed by atoms with E-state index in [1.807, 2.05) is 44.2 Å². The van der Waals surface area contributed by atoms with Gasteiger partial charge in [0.05, 0.1) is 11.1 Å². The van der Waals surface area contributed by atoms with Gasteiger partial charge >= 0.3 is 0 Å². The van der Waals surface area contributed by atoms with Crippen molar-refractivity contribution in [2.24, 2.45) is 5.10 Å². The van der Waals surface area contributed by atoms with Crippen molar-refractivity contribution in [3.05, 3.63) is 64.7 Å². The minimum Gasteiger partial charge on any atom is -0.200 e. The Labute approximate surface area is 125 Å². The van der Waals surface area contributed by atoms with E-state index in [2.05, 4.69) is 9.93 Å². The first-order chi connectivity index (χ1) is 9.90. The lowest BCUT2D eigenvalue weighted by atomic mass is 10.1. The number of hydrogen-bond acceptors (Lipinski definition) is 3. The van der Waals surface area contributed by atoms with E-state index in [4.69, 9.17) is 0 Å². The van der Waals surface area contributed by atoms with E-state index in [0.717, 1.165) is 16.7 Å². The normalized spacial score (nSPS) is 11.8. The number of nitrogens with one attached hydrogen (secondary N) is 1. The highest BCUT2D eigenvalue weighted by atomic mass is 32.2. The van der Waals surface area contributed by atoms with Gasteiger partial charge < -0.3 is 0 Å². The zero-order valence-corrected chi connectivity index (χ0v) is 13.1. The number of nitrogens with zero attached hydrogens (tertiary/aromatic N) is 1. The molecule has 1 N–H and O–H groups in total. The van der Waals surface area contributed by atoms with Crippen LogP contribution in [0.4, 0.5) is 0 Å². The van der Waals surface area contributed by atoms with Crippen LogP contribution in [-0.4, -0.2) is 14.6 Å². The molecule has 0 radical (unpaired) electrons. The highest BCUT2D eigenvalue weighted by Crippen LogP contribution is 2.16. The second-order valence-electron chi connectivity index (χ2n) is 4.98. The van der Waals surface area contributed by atoms with Gasteiger partial charge in [-0.1, -0.05) is 36.4 Å². The Morgan fingerprint density at radius 2 is 1.71 bits per heavy atom. The molecule has 2 aromatic rings. The second-order valence-corrected chi connectivity index (χ2v) is 6.61. The maximum Gasteiger partial charge on any atom is 0.276 e. The van der Waals surface area contributed by atoms with Gasteiger partial charge in [-0.3, -0.25) is 0 Å². The van der Waals surface area contributed by atoms with Crippen molar-refractivity contribution >= 4 is 16.2 Å².